The van der Waals surface area contributed by atoms with Gasteiger partial charge in [0.2, 0.25) is 0 Å². The van der Waals surface area contributed by atoms with Crippen molar-refractivity contribution in [3.8, 4) is 0 Å². The summed E-state index contributed by atoms with van der Waals surface area (Å²) >= 11 is 0. The van der Waals surface area contributed by atoms with E-state index in [1.54, 1.807) is 24.7 Å². The van der Waals surface area contributed by atoms with Crippen LogP contribution in [0.4, 0.5) is 0 Å². The highest BCUT2D eigenvalue weighted by Crippen LogP contribution is 2.25. The lowest BCUT2D eigenvalue weighted by Gasteiger charge is -2.07. The number of rotatable bonds is 3. The van der Waals surface area contributed by atoms with E-state index in [4.69, 9.17) is 0 Å². The van der Waals surface area contributed by atoms with Gasteiger partial charge in [0.25, 0.3) is 0 Å². The molecule has 2 heterocycles. The summed E-state index contributed by atoms with van der Waals surface area (Å²) in [6.07, 6.45) is 7.10. The van der Waals surface area contributed by atoms with Crippen LogP contribution in [-0.4, -0.2) is 26.9 Å². The lowest BCUT2D eigenvalue weighted by molar-refractivity contribution is 0.343. The van der Waals surface area contributed by atoms with Crippen LogP contribution < -0.4 is 0 Å². The quantitative estimate of drug-likeness (QED) is 0.751. The molecule has 0 bridgehead atoms. The molecule has 2 N–H and O–H groups in total. The first-order valence-corrected chi connectivity index (χ1v) is 6.03. The van der Waals surface area contributed by atoms with Crippen molar-refractivity contribution in [2.75, 3.05) is 6.61 Å². The number of aliphatic hydroxyl groups excluding tert-OH is 1. The molecule has 0 saturated heterocycles. The van der Waals surface area contributed by atoms with Crippen LogP contribution in [0.5, 0.6) is 0 Å². The number of hydrogen-bond donors (Lipinski definition) is 2. The Morgan fingerprint density at radius 1 is 1.21 bits per heavy atom. The molecular weight excluding hydrogens is 238 g/mol. The second-order valence-corrected chi connectivity index (χ2v) is 4.21. The summed E-state index contributed by atoms with van der Waals surface area (Å²) in [5, 5.41) is 17.3. The molecule has 19 heavy (non-hydrogen) atoms. The fourth-order valence-electron chi connectivity index (χ4n) is 2.12. The van der Waals surface area contributed by atoms with Gasteiger partial charge in [-0.25, -0.2) is 0 Å². The normalized spacial score (nSPS) is 11.9. The standard InChI is InChI=1S/C15H13N3O/c19-7-5-14(12-2-1-6-16-9-12)11-3-4-13-10-17-18-15(13)8-11/h1-6,8-10,19H,7H2,(H,17,18). The summed E-state index contributed by atoms with van der Waals surface area (Å²) < 4.78 is 0. The van der Waals surface area contributed by atoms with Crippen LogP contribution in [0.3, 0.4) is 0 Å². The summed E-state index contributed by atoms with van der Waals surface area (Å²) in [5.74, 6) is 0. The maximum atomic E-state index is 9.22. The maximum Gasteiger partial charge on any atom is 0.0656 e. The Labute approximate surface area is 110 Å². The Kier molecular flexibility index (Phi) is 3.08. The molecule has 0 spiro atoms. The van der Waals surface area contributed by atoms with Gasteiger partial charge in [-0.1, -0.05) is 24.3 Å². The SMILES string of the molecule is OCC=C(c1cccnc1)c1ccc2cn[nH]c2c1. The second kappa shape index (κ2) is 5.04. The fourth-order valence-corrected chi connectivity index (χ4v) is 2.12. The maximum absolute atomic E-state index is 9.22. The van der Waals surface area contributed by atoms with Crippen molar-refractivity contribution in [3.63, 3.8) is 0 Å². The number of nitrogens with zero attached hydrogens (tertiary/aromatic N) is 2. The van der Waals surface area contributed by atoms with Gasteiger partial charge in [0.1, 0.15) is 0 Å². The number of fused-ring (bicyclic) bond motifs is 1. The molecule has 0 radical (unpaired) electrons. The van der Waals surface area contributed by atoms with Crippen LogP contribution in [0.25, 0.3) is 16.5 Å². The molecule has 0 unspecified atom stereocenters. The third-order valence-corrected chi connectivity index (χ3v) is 3.02. The Bertz CT molecular complexity index is 716. The van der Waals surface area contributed by atoms with Crippen molar-refractivity contribution < 1.29 is 5.11 Å². The van der Waals surface area contributed by atoms with E-state index in [2.05, 4.69) is 15.2 Å². The molecule has 0 amide bonds. The highest BCUT2D eigenvalue weighted by atomic mass is 16.2. The molecule has 2 aromatic heterocycles. The zero-order valence-corrected chi connectivity index (χ0v) is 10.2. The van der Waals surface area contributed by atoms with Gasteiger partial charge in [0, 0.05) is 23.3 Å². The van der Waals surface area contributed by atoms with E-state index in [9.17, 15) is 5.11 Å². The van der Waals surface area contributed by atoms with Gasteiger partial charge in [-0.15, -0.1) is 0 Å². The van der Waals surface area contributed by atoms with Crippen LogP contribution in [-0.2, 0) is 0 Å². The molecule has 0 aliphatic heterocycles. The number of pyridine rings is 1. The zero-order valence-electron chi connectivity index (χ0n) is 10.2. The number of aliphatic hydroxyl groups is 1. The van der Waals surface area contributed by atoms with Crippen molar-refractivity contribution in [1.82, 2.24) is 15.2 Å². The molecule has 3 rings (SSSR count). The molecule has 4 heteroatoms. The minimum Gasteiger partial charge on any atom is -0.392 e. The number of aromatic nitrogens is 3. The van der Waals surface area contributed by atoms with Crippen molar-refractivity contribution in [2.45, 2.75) is 0 Å². The summed E-state index contributed by atoms with van der Waals surface area (Å²) in [5.41, 5.74) is 3.95. The third kappa shape index (κ3) is 2.26. The Hall–Kier alpha value is -2.46. The monoisotopic (exact) mass is 251 g/mol. The van der Waals surface area contributed by atoms with Gasteiger partial charge < -0.3 is 5.11 Å². The molecule has 4 nitrogen and oxygen atoms in total. The van der Waals surface area contributed by atoms with Crippen molar-refractivity contribution >= 4 is 16.5 Å². The first-order chi connectivity index (χ1) is 9.38. The fraction of sp³-hybridized carbons (Fsp3) is 0.0667. The van der Waals surface area contributed by atoms with Crippen LogP contribution in [0, 0.1) is 0 Å². The van der Waals surface area contributed by atoms with E-state index in [0.717, 1.165) is 27.6 Å². The summed E-state index contributed by atoms with van der Waals surface area (Å²) in [7, 11) is 0. The predicted molar refractivity (Wildman–Crippen MR) is 74.5 cm³/mol. The van der Waals surface area contributed by atoms with E-state index >= 15 is 0 Å². The van der Waals surface area contributed by atoms with E-state index in [1.807, 2.05) is 30.3 Å². The van der Waals surface area contributed by atoms with Gasteiger partial charge in [-0.2, -0.15) is 5.10 Å². The number of hydrogen-bond acceptors (Lipinski definition) is 3. The van der Waals surface area contributed by atoms with Crippen molar-refractivity contribution in [2.24, 2.45) is 0 Å². The smallest absolute Gasteiger partial charge is 0.0656 e. The molecule has 1 aromatic carbocycles. The van der Waals surface area contributed by atoms with Gasteiger partial charge >= 0.3 is 0 Å². The van der Waals surface area contributed by atoms with Gasteiger partial charge in [0.05, 0.1) is 18.3 Å². The average molecular weight is 251 g/mol. The van der Waals surface area contributed by atoms with Gasteiger partial charge in [0.15, 0.2) is 0 Å². The van der Waals surface area contributed by atoms with Crippen LogP contribution >= 0.6 is 0 Å². The average Bonchev–Trinajstić information content (AvgIpc) is 2.93. The minimum atomic E-state index is -0.00869. The Morgan fingerprint density at radius 2 is 2.16 bits per heavy atom. The zero-order chi connectivity index (χ0) is 13.1. The number of nitrogens with one attached hydrogen (secondary N) is 1. The molecular formula is C15H13N3O. The summed E-state index contributed by atoms with van der Waals surface area (Å²) in [4.78, 5) is 4.12. The Morgan fingerprint density at radius 3 is 2.95 bits per heavy atom. The molecule has 3 aromatic rings. The minimum absolute atomic E-state index is 0.00869. The molecule has 0 fully saturated rings. The largest absolute Gasteiger partial charge is 0.392 e. The lowest BCUT2D eigenvalue weighted by Crippen LogP contribution is -1.91. The summed E-state index contributed by atoms with van der Waals surface area (Å²) in [6.45, 7) is -0.00869. The molecule has 94 valence electrons. The number of aromatic amines is 1. The molecule has 0 saturated carbocycles. The van der Waals surface area contributed by atoms with E-state index in [1.165, 1.54) is 0 Å². The first-order valence-electron chi connectivity index (χ1n) is 6.03. The molecule has 0 aliphatic carbocycles. The first kappa shape index (κ1) is 11.6. The van der Waals surface area contributed by atoms with Crippen LogP contribution in [0.2, 0.25) is 0 Å². The highest BCUT2D eigenvalue weighted by Gasteiger charge is 2.06. The van der Waals surface area contributed by atoms with E-state index in [-0.39, 0.29) is 6.61 Å². The third-order valence-electron chi connectivity index (χ3n) is 3.02. The molecule has 0 aliphatic rings. The predicted octanol–water partition coefficient (Wildman–Crippen LogP) is 2.38. The van der Waals surface area contributed by atoms with Gasteiger partial charge in [-0.3, -0.25) is 10.1 Å². The van der Waals surface area contributed by atoms with Crippen LogP contribution in [0.15, 0.2) is 55.0 Å². The number of benzene rings is 1. The van der Waals surface area contributed by atoms with E-state index < -0.39 is 0 Å². The van der Waals surface area contributed by atoms with Crippen LogP contribution in [0.1, 0.15) is 11.1 Å². The van der Waals surface area contributed by atoms with Crippen molar-refractivity contribution in [1.29, 1.82) is 0 Å². The second-order valence-electron chi connectivity index (χ2n) is 4.21. The lowest BCUT2D eigenvalue weighted by atomic mass is 9.98. The van der Waals surface area contributed by atoms with Crippen molar-refractivity contribution in [3.05, 3.63) is 66.1 Å². The highest BCUT2D eigenvalue weighted by molar-refractivity contribution is 5.87. The van der Waals surface area contributed by atoms with Gasteiger partial charge in [-0.05, 0) is 23.3 Å². The topological polar surface area (TPSA) is 61.8 Å². The Balaban J connectivity index is 2.12. The van der Waals surface area contributed by atoms with E-state index in [0.29, 0.717) is 0 Å². The number of H-pyrrole nitrogens is 1. The molecule has 0 atom stereocenters. The summed E-state index contributed by atoms with van der Waals surface area (Å²) in [6, 6.07) is 9.92.